The molecule has 1 saturated carbocycles. The van der Waals surface area contributed by atoms with Gasteiger partial charge in [-0.15, -0.1) is 0 Å². The number of rotatable bonds is 3. The second-order valence-electron chi connectivity index (χ2n) is 4.12. The molecule has 1 rings (SSSR count). The van der Waals surface area contributed by atoms with Crippen molar-refractivity contribution < 1.29 is 4.79 Å². The van der Waals surface area contributed by atoms with Crippen LogP contribution in [-0.4, -0.2) is 19.4 Å². The standard InChI is InChI=1S/C10H19NO/c1-10(9(8-12)11-2)6-4-3-5-7-10/h8-9,11H,3-7H2,1-2H3. The largest absolute Gasteiger partial charge is 0.310 e. The van der Waals surface area contributed by atoms with E-state index in [0.29, 0.717) is 0 Å². The Morgan fingerprint density at radius 2 is 1.92 bits per heavy atom. The third kappa shape index (κ3) is 1.86. The number of carbonyl (C=O) groups excluding carboxylic acids is 1. The van der Waals surface area contributed by atoms with Crippen LogP contribution in [0.3, 0.4) is 0 Å². The van der Waals surface area contributed by atoms with Crippen molar-refractivity contribution in [2.45, 2.75) is 45.1 Å². The van der Waals surface area contributed by atoms with E-state index >= 15 is 0 Å². The lowest BCUT2D eigenvalue weighted by Gasteiger charge is -2.37. The number of hydrogen-bond donors (Lipinski definition) is 1. The maximum Gasteiger partial charge on any atom is 0.137 e. The van der Waals surface area contributed by atoms with Gasteiger partial charge in [0.05, 0.1) is 6.04 Å². The van der Waals surface area contributed by atoms with Crippen LogP contribution in [0.4, 0.5) is 0 Å². The van der Waals surface area contributed by atoms with E-state index in [9.17, 15) is 4.79 Å². The quantitative estimate of drug-likeness (QED) is 0.652. The molecule has 0 bridgehead atoms. The van der Waals surface area contributed by atoms with E-state index in [-0.39, 0.29) is 11.5 Å². The van der Waals surface area contributed by atoms with Gasteiger partial charge in [-0.1, -0.05) is 26.2 Å². The summed E-state index contributed by atoms with van der Waals surface area (Å²) in [5.74, 6) is 0. The molecule has 70 valence electrons. The molecule has 0 amide bonds. The molecule has 1 aliphatic carbocycles. The molecule has 0 aromatic carbocycles. The average Bonchev–Trinajstić information content (AvgIpc) is 2.07. The molecule has 1 N–H and O–H groups in total. The summed E-state index contributed by atoms with van der Waals surface area (Å²) in [6.45, 7) is 2.22. The minimum absolute atomic E-state index is 0.0535. The highest BCUT2D eigenvalue weighted by atomic mass is 16.1. The third-order valence-electron chi connectivity index (χ3n) is 3.19. The number of hydrogen-bond acceptors (Lipinski definition) is 2. The molecule has 1 fully saturated rings. The van der Waals surface area contributed by atoms with Crippen LogP contribution in [0.1, 0.15) is 39.0 Å². The van der Waals surface area contributed by atoms with Gasteiger partial charge in [-0.3, -0.25) is 0 Å². The molecule has 0 aliphatic heterocycles. The molecule has 0 aromatic rings. The number of likely N-dealkylation sites (N-methyl/N-ethyl adjacent to an activating group) is 1. The van der Waals surface area contributed by atoms with Gasteiger partial charge in [0, 0.05) is 0 Å². The molecule has 1 unspecified atom stereocenters. The predicted octanol–water partition coefficient (Wildman–Crippen LogP) is 1.74. The molecule has 2 heteroatoms. The second-order valence-corrected chi connectivity index (χ2v) is 4.12. The molecule has 0 heterocycles. The smallest absolute Gasteiger partial charge is 0.137 e. The first kappa shape index (κ1) is 9.72. The Morgan fingerprint density at radius 3 is 2.33 bits per heavy atom. The van der Waals surface area contributed by atoms with E-state index in [0.717, 1.165) is 6.29 Å². The lowest BCUT2D eigenvalue weighted by atomic mass is 9.71. The Kier molecular flexibility index (Phi) is 3.27. The zero-order chi connectivity index (χ0) is 9.03. The Hall–Kier alpha value is -0.370. The van der Waals surface area contributed by atoms with Crippen molar-refractivity contribution >= 4 is 6.29 Å². The van der Waals surface area contributed by atoms with Crippen LogP contribution in [0.15, 0.2) is 0 Å². The summed E-state index contributed by atoms with van der Waals surface area (Å²) in [6.07, 6.45) is 7.34. The SMILES string of the molecule is CNC(C=O)C1(C)CCCCC1. The normalized spacial score (nSPS) is 24.8. The molecular formula is C10H19NO. The molecule has 1 aliphatic rings. The third-order valence-corrected chi connectivity index (χ3v) is 3.19. The van der Waals surface area contributed by atoms with Gasteiger partial charge in [0.15, 0.2) is 0 Å². The molecule has 0 saturated heterocycles. The zero-order valence-electron chi connectivity index (χ0n) is 8.10. The van der Waals surface area contributed by atoms with Crippen molar-refractivity contribution in [1.29, 1.82) is 0 Å². The van der Waals surface area contributed by atoms with Gasteiger partial charge in [-0.25, -0.2) is 0 Å². The van der Waals surface area contributed by atoms with Gasteiger partial charge in [-0.05, 0) is 25.3 Å². The van der Waals surface area contributed by atoms with E-state index in [1.807, 2.05) is 7.05 Å². The second kappa shape index (κ2) is 4.04. The fourth-order valence-corrected chi connectivity index (χ4v) is 2.25. The van der Waals surface area contributed by atoms with E-state index < -0.39 is 0 Å². The molecule has 0 aromatic heterocycles. The van der Waals surface area contributed by atoms with Crippen molar-refractivity contribution in [2.24, 2.45) is 5.41 Å². The van der Waals surface area contributed by atoms with Crippen LogP contribution < -0.4 is 5.32 Å². The van der Waals surface area contributed by atoms with E-state index in [4.69, 9.17) is 0 Å². The summed E-state index contributed by atoms with van der Waals surface area (Å²) < 4.78 is 0. The Balaban J connectivity index is 2.59. The van der Waals surface area contributed by atoms with Crippen LogP contribution in [0.25, 0.3) is 0 Å². The van der Waals surface area contributed by atoms with Crippen molar-refractivity contribution in [3.8, 4) is 0 Å². The van der Waals surface area contributed by atoms with Crippen LogP contribution in [0.5, 0.6) is 0 Å². The summed E-state index contributed by atoms with van der Waals surface area (Å²) in [6, 6.07) is 0.0535. The molecule has 0 spiro atoms. The fraction of sp³-hybridized carbons (Fsp3) is 0.900. The first-order chi connectivity index (χ1) is 5.73. The van der Waals surface area contributed by atoms with Crippen LogP contribution in [0.2, 0.25) is 0 Å². The van der Waals surface area contributed by atoms with Gasteiger partial charge in [-0.2, -0.15) is 0 Å². The summed E-state index contributed by atoms with van der Waals surface area (Å²) >= 11 is 0. The number of carbonyl (C=O) groups is 1. The van der Waals surface area contributed by atoms with E-state index in [2.05, 4.69) is 12.2 Å². The van der Waals surface area contributed by atoms with Gasteiger partial charge >= 0.3 is 0 Å². The lowest BCUT2D eigenvalue weighted by Crippen LogP contribution is -2.44. The van der Waals surface area contributed by atoms with E-state index in [1.165, 1.54) is 32.1 Å². The molecule has 1 atom stereocenters. The monoisotopic (exact) mass is 169 g/mol. The van der Waals surface area contributed by atoms with Crippen molar-refractivity contribution in [1.82, 2.24) is 5.32 Å². The van der Waals surface area contributed by atoms with Gasteiger partial charge in [0.2, 0.25) is 0 Å². The number of nitrogens with one attached hydrogen (secondary N) is 1. The predicted molar refractivity (Wildman–Crippen MR) is 50.1 cm³/mol. The first-order valence-electron chi connectivity index (χ1n) is 4.85. The maximum absolute atomic E-state index is 10.8. The molecule has 0 radical (unpaired) electrons. The van der Waals surface area contributed by atoms with Gasteiger partial charge in [0.1, 0.15) is 6.29 Å². The maximum atomic E-state index is 10.8. The van der Waals surface area contributed by atoms with Crippen LogP contribution >= 0.6 is 0 Å². The fourth-order valence-electron chi connectivity index (χ4n) is 2.25. The zero-order valence-corrected chi connectivity index (χ0v) is 8.10. The Bertz CT molecular complexity index is 150. The van der Waals surface area contributed by atoms with Crippen LogP contribution in [0, 0.1) is 5.41 Å². The minimum atomic E-state index is 0.0535. The van der Waals surface area contributed by atoms with Crippen molar-refractivity contribution in [3.05, 3.63) is 0 Å². The number of aldehydes is 1. The van der Waals surface area contributed by atoms with Gasteiger partial charge in [0.25, 0.3) is 0 Å². The summed E-state index contributed by atoms with van der Waals surface area (Å²) in [5, 5.41) is 3.09. The minimum Gasteiger partial charge on any atom is -0.310 e. The molecular weight excluding hydrogens is 150 g/mol. The van der Waals surface area contributed by atoms with Crippen LogP contribution in [-0.2, 0) is 4.79 Å². The lowest BCUT2D eigenvalue weighted by molar-refractivity contribution is -0.112. The summed E-state index contributed by atoms with van der Waals surface area (Å²) in [5.41, 5.74) is 0.217. The first-order valence-corrected chi connectivity index (χ1v) is 4.85. The molecule has 2 nitrogen and oxygen atoms in total. The Labute approximate surface area is 74.7 Å². The van der Waals surface area contributed by atoms with E-state index in [1.54, 1.807) is 0 Å². The average molecular weight is 169 g/mol. The highest BCUT2D eigenvalue weighted by Gasteiger charge is 2.34. The topological polar surface area (TPSA) is 29.1 Å². The highest BCUT2D eigenvalue weighted by molar-refractivity contribution is 5.59. The molecule has 12 heavy (non-hydrogen) atoms. The Morgan fingerprint density at radius 1 is 1.33 bits per heavy atom. The highest BCUT2D eigenvalue weighted by Crippen LogP contribution is 2.37. The summed E-state index contributed by atoms with van der Waals surface area (Å²) in [7, 11) is 1.87. The van der Waals surface area contributed by atoms with Gasteiger partial charge < -0.3 is 10.1 Å². The summed E-state index contributed by atoms with van der Waals surface area (Å²) in [4.78, 5) is 10.8. The van der Waals surface area contributed by atoms with Crippen molar-refractivity contribution in [2.75, 3.05) is 7.05 Å². The van der Waals surface area contributed by atoms with Crippen molar-refractivity contribution in [3.63, 3.8) is 0 Å².